The van der Waals surface area contributed by atoms with Crippen molar-refractivity contribution in [3.63, 3.8) is 0 Å². The number of ether oxygens (including phenoxy) is 2. The van der Waals surface area contributed by atoms with E-state index in [9.17, 15) is 24.6 Å². The summed E-state index contributed by atoms with van der Waals surface area (Å²) in [6.45, 7) is -1.55. The molecule has 0 radical (unpaired) electrons. The Morgan fingerprint density at radius 3 is 2.26 bits per heavy atom. The van der Waals surface area contributed by atoms with E-state index in [1.54, 1.807) is 30.3 Å². The number of benzene rings is 2. The molecule has 27 heavy (non-hydrogen) atoms. The quantitative estimate of drug-likeness (QED) is 0.557. The molecule has 1 heterocycles. The number of hydrogen-bond donors (Lipinski definition) is 0. The van der Waals surface area contributed by atoms with E-state index in [0.717, 1.165) is 0 Å². The molecule has 0 aliphatic rings. The second-order valence-corrected chi connectivity index (χ2v) is 5.46. The van der Waals surface area contributed by atoms with Gasteiger partial charge < -0.3 is 33.7 Å². The number of hydrogen-bond acceptors (Lipinski definition) is 8. The van der Waals surface area contributed by atoms with Crippen LogP contribution in [0.1, 0.15) is 0 Å². The number of carboxylic acids is 2. The highest BCUT2D eigenvalue weighted by Gasteiger charge is 2.15. The van der Waals surface area contributed by atoms with Crippen LogP contribution in [0.5, 0.6) is 11.5 Å². The van der Waals surface area contributed by atoms with E-state index in [1.165, 1.54) is 18.2 Å². The van der Waals surface area contributed by atoms with Crippen LogP contribution in [0.15, 0.2) is 57.7 Å². The van der Waals surface area contributed by atoms with Crippen LogP contribution in [0.25, 0.3) is 22.3 Å². The zero-order chi connectivity index (χ0) is 19.4. The van der Waals surface area contributed by atoms with Gasteiger partial charge in [0.2, 0.25) is 0 Å². The highest BCUT2D eigenvalue weighted by Crippen LogP contribution is 2.32. The van der Waals surface area contributed by atoms with Gasteiger partial charge in [-0.25, -0.2) is 0 Å². The van der Waals surface area contributed by atoms with E-state index in [-0.39, 0.29) is 28.2 Å². The van der Waals surface area contributed by atoms with Crippen molar-refractivity contribution in [1.29, 1.82) is 0 Å². The lowest BCUT2D eigenvalue weighted by atomic mass is 10.1. The highest BCUT2D eigenvalue weighted by molar-refractivity contribution is 5.87. The van der Waals surface area contributed by atoms with Gasteiger partial charge in [-0.3, -0.25) is 4.79 Å². The molecule has 0 aliphatic carbocycles. The third-order valence-corrected chi connectivity index (χ3v) is 3.53. The number of carbonyl (C=O) groups excluding carboxylic acids is 2. The van der Waals surface area contributed by atoms with E-state index < -0.39 is 30.6 Å². The van der Waals surface area contributed by atoms with Gasteiger partial charge in [0, 0.05) is 23.8 Å². The zero-order valence-corrected chi connectivity index (χ0v) is 13.8. The van der Waals surface area contributed by atoms with Crippen LogP contribution < -0.4 is 25.1 Å². The molecule has 0 aliphatic heterocycles. The lowest BCUT2D eigenvalue weighted by molar-refractivity contribution is -0.308. The molecule has 0 saturated carbocycles. The molecule has 138 valence electrons. The molecule has 3 rings (SSSR count). The van der Waals surface area contributed by atoms with Crippen molar-refractivity contribution in [3.8, 4) is 22.8 Å². The largest absolute Gasteiger partial charge is 0.546 e. The van der Waals surface area contributed by atoms with Crippen LogP contribution in [-0.2, 0) is 9.59 Å². The first-order valence-corrected chi connectivity index (χ1v) is 7.76. The van der Waals surface area contributed by atoms with Gasteiger partial charge >= 0.3 is 0 Å². The topological polar surface area (TPSA) is 129 Å². The third kappa shape index (κ3) is 4.24. The molecule has 0 spiro atoms. The van der Waals surface area contributed by atoms with Crippen molar-refractivity contribution in [1.82, 2.24) is 0 Å². The summed E-state index contributed by atoms with van der Waals surface area (Å²) in [5, 5.41) is 21.3. The minimum atomic E-state index is -1.49. The number of aliphatic carboxylic acids is 2. The van der Waals surface area contributed by atoms with E-state index in [2.05, 4.69) is 0 Å². The third-order valence-electron chi connectivity index (χ3n) is 3.53. The lowest BCUT2D eigenvalue weighted by Crippen LogP contribution is -2.29. The van der Waals surface area contributed by atoms with Crippen molar-refractivity contribution in [3.05, 3.63) is 58.8 Å². The molecule has 0 atom stereocenters. The molecule has 0 amide bonds. The minimum Gasteiger partial charge on any atom is -0.546 e. The SMILES string of the molecule is O=C([O-])COc1cc(OCC(=O)[O-])c2c(=O)cc(-c3ccccc3)oc2c1. The van der Waals surface area contributed by atoms with Gasteiger partial charge in [-0.1, -0.05) is 30.3 Å². The molecule has 0 fully saturated rings. The minimum absolute atomic E-state index is 0.00303. The standard InChI is InChI=1S/C19H14O8/c20-13-8-14(11-4-2-1-3-5-11)27-16-7-12(25-9-17(21)22)6-15(19(13)16)26-10-18(23)24/h1-8H,9-10H2,(H,21,22)(H,23,24)/p-2. The second kappa shape index (κ2) is 7.61. The van der Waals surface area contributed by atoms with E-state index in [0.29, 0.717) is 5.56 Å². The molecule has 0 N–H and O–H groups in total. The number of fused-ring (bicyclic) bond motifs is 1. The van der Waals surface area contributed by atoms with Crippen molar-refractivity contribution >= 4 is 22.9 Å². The lowest BCUT2D eigenvalue weighted by Gasteiger charge is -2.13. The summed E-state index contributed by atoms with van der Waals surface area (Å²) in [6, 6.07) is 12.6. The molecule has 0 saturated heterocycles. The first-order chi connectivity index (χ1) is 12.9. The van der Waals surface area contributed by atoms with Gasteiger partial charge in [0.05, 0.1) is 11.9 Å². The van der Waals surface area contributed by atoms with Crippen LogP contribution in [0.2, 0.25) is 0 Å². The van der Waals surface area contributed by atoms with Gasteiger partial charge in [-0.2, -0.15) is 0 Å². The summed E-state index contributed by atoms with van der Waals surface area (Å²) >= 11 is 0. The van der Waals surface area contributed by atoms with Crippen molar-refractivity contribution < 1.29 is 33.7 Å². The molecule has 8 heteroatoms. The van der Waals surface area contributed by atoms with Gasteiger partial charge in [0.1, 0.15) is 41.4 Å². The monoisotopic (exact) mass is 368 g/mol. The van der Waals surface area contributed by atoms with Crippen LogP contribution in [-0.4, -0.2) is 25.2 Å². The summed E-state index contributed by atoms with van der Waals surface area (Å²) in [7, 11) is 0. The average molecular weight is 368 g/mol. The van der Waals surface area contributed by atoms with Gasteiger partial charge in [-0.05, 0) is 0 Å². The van der Waals surface area contributed by atoms with Crippen LogP contribution >= 0.6 is 0 Å². The van der Waals surface area contributed by atoms with Gasteiger partial charge in [-0.15, -0.1) is 0 Å². The van der Waals surface area contributed by atoms with Crippen molar-refractivity contribution in [2.24, 2.45) is 0 Å². The van der Waals surface area contributed by atoms with E-state index in [4.69, 9.17) is 13.9 Å². The first kappa shape index (κ1) is 18.0. The smallest absolute Gasteiger partial charge is 0.197 e. The van der Waals surface area contributed by atoms with Crippen LogP contribution in [0.4, 0.5) is 0 Å². The van der Waals surface area contributed by atoms with E-state index >= 15 is 0 Å². The van der Waals surface area contributed by atoms with Crippen molar-refractivity contribution in [2.45, 2.75) is 0 Å². The molecule has 0 unspecified atom stereocenters. The summed E-state index contributed by atoms with van der Waals surface area (Å²) in [4.78, 5) is 33.8. The van der Waals surface area contributed by atoms with Crippen LogP contribution in [0.3, 0.4) is 0 Å². The molecule has 8 nitrogen and oxygen atoms in total. The molecule has 0 bridgehead atoms. The van der Waals surface area contributed by atoms with Crippen LogP contribution in [0, 0.1) is 0 Å². The number of carbonyl (C=O) groups is 2. The molecule has 3 aromatic rings. The van der Waals surface area contributed by atoms with Gasteiger partial charge in [0.15, 0.2) is 5.43 Å². The molecule has 2 aromatic carbocycles. The predicted octanol–water partition coefficient (Wildman–Crippen LogP) is -0.283. The molecule has 1 aromatic heterocycles. The summed E-state index contributed by atoms with van der Waals surface area (Å²) in [5.74, 6) is -2.79. The molecular formula is C19H12O8-2. The zero-order valence-electron chi connectivity index (χ0n) is 13.8. The Balaban J connectivity index is 2.14. The Morgan fingerprint density at radius 2 is 1.59 bits per heavy atom. The normalized spacial score (nSPS) is 10.5. The Kier molecular flexibility index (Phi) is 5.07. The van der Waals surface area contributed by atoms with Gasteiger partial charge in [0.25, 0.3) is 0 Å². The average Bonchev–Trinajstić information content (AvgIpc) is 2.64. The second-order valence-electron chi connectivity index (χ2n) is 5.46. The Hall–Kier alpha value is -3.81. The maximum atomic E-state index is 12.6. The fourth-order valence-corrected chi connectivity index (χ4v) is 2.45. The van der Waals surface area contributed by atoms with Crippen molar-refractivity contribution in [2.75, 3.05) is 13.2 Å². The fraction of sp³-hybridized carbons (Fsp3) is 0.105. The summed E-state index contributed by atoms with van der Waals surface area (Å²) < 4.78 is 15.9. The number of rotatable bonds is 7. The predicted molar refractivity (Wildman–Crippen MR) is 88.9 cm³/mol. The first-order valence-electron chi connectivity index (χ1n) is 7.76. The Morgan fingerprint density at radius 1 is 0.926 bits per heavy atom. The fourth-order valence-electron chi connectivity index (χ4n) is 2.45. The highest BCUT2D eigenvalue weighted by atomic mass is 16.5. The maximum Gasteiger partial charge on any atom is 0.197 e. The molecular weight excluding hydrogens is 356 g/mol. The van der Waals surface area contributed by atoms with E-state index in [1.807, 2.05) is 0 Å². The number of carboxylic acid groups (broad SMARTS) is 2. The summed E-state index contributed by atoms with van der Waals surface area (Å²) in [6.07, 6.45) is 0. The maximum absolute atomic E-state index is 12.6. The summed E-state index contributed by atoms with van der Waals surface area (Å²) in [5.41, 5.74) is 0.232. The Labute approximate surface area is 152 Å². The Bertz CT molecular complexity index is 1050.